The summed E-state index contributed by atoms with van der Waals surface area (Å²) in [4.78, 5) is 13.4. The van der Waals surface area contributed by atoms with Gasteiger partial charge in [-0.25, -0.2) is 4.39 Å². The largest absolute Gasteiger partial charge is 0.361 e. The molecular formula is C13H12BrFN2O2. The molecule has 1 aromatic heterocycles. The maximum atomic E-state index is 13.6. The fourth-order valence-electron chi connectivity index (χ4n) is 1.65. The first-order valence-corrected chi connectivity index (χ1v) is 6.39. The summed E-state index contributed by atoms with van der Waals surface area (Å²) < 4.78 is 19.2. The maximum absolute atomic E-state index is 13.6. The minimum atomic E-state index is -0.348. The second-order valence-corrected chi connectivity index (χ2v) is 5.14. The molecule has 0 aliphatic heterocycles. The summed E-state index contributed by atoms with van der Waals surface area (Å²) in [6.45, 7) is 1.87. The highest BCUT2D eigenvalue weighted by Gasteiger charge is 2.17. The number of aromatic nitrogens is 1. The predicted molar refractivity (Wildman–Crippen MR) is 71.1 cm³/mol. The van der Waals surface area contributed by atoms with E-state index in [0.717, 1.165) is 4.47 Å². The molecule has 0 N–H and O–H groups in total. The van der Waals surface area contributed by atoms with Gasteiger partial charge >= 0.3 is 0 Å². The van der Waals surface area contributed by atoms with Crippen LogP contribution in [0.5, 0.6) is 0 Å². The van der Waals surface area contributed by atoms with Crippen molar-refractivity contribution < 1.29 is 13.7 Å². The molecule has 2 rings (SSSR count). The molecule has 19 heavy (non-hydrogen) atoms. The van der Waals surface area contributed by atoms with Crippen LogP contribution in [0.1, 0.15) is 21.8 Å². The first-order valence-electron chi connectivity index (χ1n) is 5.60. The maximum Gasteiger partial charge on any atom is 0.276 e. The summed E-state index contributed by atoms with van der Waals surface area (Å²) in [5.41, 5.74) is 0.654. The Morgan fingerprint density at radius 1 is 1.47 bits per heavy atom. The molecule has 0 aliphatic rings. The Hall–Kier alpha value is -1.69. The Morgan fingerprint density at radius 3 is 2.84 bits per heavy atom. The average Bonchev–Trinajstić information content (AvgIpc) is 2.79. The van der Waals surface area contributed by atoms with E-state index in [1.54, 1.807) is 32.2 Å². The lowest BCUT2D eigenvalue weighted by Gasteiger charge is -2.16. The smallest absolute Gasteiger partial charge is 0.276 e. The van der Waals surface area contributed by atoms with Crippen LogP contribution in [0.3, 0.4) is 0 Å². The Labute approximate surface area is 118 Å². The second-order valence-electron chi connectivity index (χ2n) is 4.22. The molecule has 6 heteroatoms. The molecule has 0 radical (unpaired) electrons. The Bertz CT molecular complexity index is 612. The molecule has 1 amide bonds. The van der Waals surface area contributed by atoms with E-state index >= 15 is 0 Å². The van der Waals surface area contributed by atoms with E-state index in [2.05, 4.69) is 21.1 Å². The molecule has 0 spiro atoms. The third-order valence-electron chi connectivity index (χ3n) is 2.61. The number of carbonyl (C=O) groups excluding carboxylic acids is 1. The number of amides is 1. The molecule has 0 fully saturated rings. The highest BCUT2D eigenvalue weighted by Crippen LogP contribution is 2.17. The van der Waals surface area contributed by atoms with Gasteiger partial charge < -0.3 is 9.42 Å². The van der Waals surface area contributed by atoms with Crippen LogP contribution in [-0.4, -0.2) is 23.0 Å². The Kier molecular flexibility index (Phi) is 3.99. The number of rotatable bonds is 3. The summed E-state index contributed by atoms with van der Waals surface area (Å²) in [6.07, 6.45) is 0. The quantitative estimate of drug-likeness (QED) is 0.870. The highest BCUT2D eigenvalue weighted by atomic mass is 79.9. The van der Waals surface area contributed by atoms with Gasteiger partial charge in [0.05, 0.1) is 0 Å². The Balaban J connectivity index is 2.14. The van der Waals surface area contributed by atoms with Crippen LogP contribution in [0, 0.1) is 12.7 Å². The van der Waals surface area contributed by atoms with Crippen LogP contribution in [0.15, 0.2) is 33.3 Å². The molecule has 0 unspecified atom stereocenters. The molecule has 0 bridgehead atoms. The predicted octanol–water partition coefficient (Wildman–Crippen LogP) is 3.16. The van der Waals surface area contributed by atoms with Crippen molar-refractivity contribution in [1.29, 1.82) is 0 Å². The van der Waals surface area contributed by atoms with E-state index in [1.807, 2.05) is 0 Å². The lowest BCUT2D eigenvalue weighted by molar-refractivity contribution is 0.0773. The van der Waals surface area contributed by atoms with Gasteiger partial charge in [0, 0.05) is 29.7 Å². The fourth-order valence-corrected chi connectivity index (χ4v) is 2.06. The molecule has 1 heterocycles. The van der Waals surface area contributed by atoms with Crippen molar-refractivity contribution in [3.8, 4) is 0 Å². The molecule has 0 saturated carbocycles. The molecule has 0 aliphatic carbocycles. The molecule has 0 atom stereocenters. The standard InChI is InChI=1S/C13H12BrFN2O2/c1-8-5-12(16-19-8)13(18)17(2)7-9-6-10(14)3-4-11(9)15/h3-6H,7H2,1-2H3. The van der Waals surface area contributed by atoms with Crippen molar-refractivity contribution in [3.05, 3.63) is 51.6 Å². The molecule has 1 aromatic carbocycles. The van der Waals surface area contributed by atoms with Crippen LogP contribution >= 0.6 is 15.9 Å². The summed E-state index contributed by atoms with van der Waals surface area (Å²) in [7, 11) is 1.59. The number of nitrogens with zero attached hydrogens (tertiary/aromatic N) is 2. The zero-order valence-electron chi connectivity index (χ0n) is 10.5. The first kappa shape index (κ1) is 13.7. The van der Waals surface area contributed by atoms with Crippen LogP contribution < -0.4 is 0 Å². The number of hydrogen-bond acceptors (Lipinski definition) is 3. The molecular weight excluding hydrogens is 315 g/mol. The van der Waals surface area contributed by atoms with Crippen molar-refractivity contribution in [1.82, 2.24) is 10.1 Å². The van der Waals surface area contributed by atoms with E-state index in [-0.39, 0.29) is 24.0 Å². The Morgan fingerprint density at radius 2 is 2.21 bits per heavy atom. The highest BCUT2D eigenvalue weighted by molar-refractivity contribution is 9.10. The van der Waals surface area contributed by atoms with Crippen molar-refractivity contribution in [2.75, 3.05) is 7.05 Å². The lowest BCUT2D eigenvalue weighted by atomic mass is 10.2. The summed E-state index contributed by atoms with van der Waals surface area (Å²) >= 11 is 3.27. The van der Waals surface area contributed by atoms with Crippen molar-refractivity contribution >= 4 is 21.8 Å². The number of aryl methyl sites for hydroxylation is 1. The monoisotopic (exact) mass is 326 g/mol. The second kappa shape index (κ2) is 5.52. The van der Waals surface area contributed by atoms with Gasteiger partial charge in [0.25, 0.3) is 5.91 Å². The third kappa shape index (κ3) is 3.20. The SMILES string of the molecule is Cc1cc(C(=O)N(C)Cc2cc(Br)ccc2F)no1. The van der Waals surface area contributed by atoms with E-state index in [0.29, 0.717) is 11.3 Å². The normalized spacial score (nSPS) is 10.5. The minimum Gasteiger partial charge on any atom is -0.361 e. The zero-order valence-corrected chi connectivity index (χ0v) is 12.1. The van der Waals surface area contributed by atoms with E-state index in [4.69, 9.17) is 4.52 Å². The minimum absolute atomic E-state index is 0.163. The molecule has 100 valence electrons. The fraction of sp³-hybridized carbons (Fsp3) is 0.231. The number of hydrogen-bond donors (Lipinski definition) is 0. The summed E-state index contributed by atoms with van der Waals surface area (Å²) in [5, 5.41) is 3.65. The van der Waals surface area contributed by atoms with Crippen LogP contribution in [0.4, 0.5) is 4.39 Å². The van der Waals surface area contributed by atoms with Crippen LogP contribution in [0.25, 0.3) is 0 Å². The topological polar surface area (TPSA) is 46.3 Å². The van der Waals surface area contributed by atoms with Crippen LogP contribution in [-0.2, 0) is 6.54 Å². The lowest BCUT2D eigenvalue weighted by Crippen LogP contribution is -2.26. The van der Waals surface area contributed by atoms with Crippen molar-refractivity contribution in [3.63, 3.8) is 0 Å². The van der Waals surface area contributed by atoms with Gasteiger partial charge in [-0.1, -0.05) is 21.1 Å². The average molecular weight is 327 g/mol. The van der Waals surface area contributed by atoms with Crippen molar-refractivity contribution in [2.24, 2.45) is 0 Å². The third-order valence-corrected chi connectivity index (χ3v) is 3.10. The molecule has 4 nitrogen and oxygen atoms in total. The summed E-state index contributed by atoms with van der Waals surface area (Å²) in [5.74, 6) is -0.0965. The number of halogens is 2. The van der Waals surface area contributed by atoms with Gasteiger partial charge in [0.2, 0.25) is 0 Å². The van der Waals surface area contributed by atoms with Gasteiger partial charge in [0.15, 0.2) is 5.69 Å². The van der Waals surface area contributed by atoms with Gasteiger partial charge in [0.1, 0.15) is 11.6 Å². The van der Waals surface area contributed by atoms with E-state index < -0.39 is 0 Å². The van der Waals surface area contributed by atoms with Gasteiger partial charge in [-0.2, -0.15) is 0 Å². The number of carbonyl (C=O) groups is 1. The first-order chi connectivity index (χ1) is 8.97. The van der Waals surface area contributed by atoms with E-state index in [1.165, 1.54) is 11.0 Å². The van der Waals surface area contributed by atoms with Crippen molar-refractivity contribution in [2.45, 2.75) is 13.5 Å². The van der Waals surface area contributed by atoms with Crippen LogP contribution in [0.2, 0.25) is 0 Å². The van der Waals surface area contributed by atoms with Gasteiger partial charge in [-0.3, -0.25) is 4.79 Å². The molecule has 2 aromatic rings. The summed E-state index contributed by atoms with van der Waals surface area (Å²) in [6, 6.07) is 6.17. The zero-order chi connectivity index (χ0) is 14.0. The van der Waals surface area contributed by atoms with E-state index in [9.17, 15) is 9.18 Å². The van der Waals surface area contributed by atoms with Gasteiger partial charge in [-0.05, 0) is 25.1 Å². The number of benzene rings is 1. The van der Waals surface area contributed by atoms with Gasteiger partial charge in [-0.15, -0.1) is 0 Å². The molecule has 0 saturated heterocycles.